The summed E-state index contributed by atoms with van der Waals surface area (Å²) >= 11 is 0. The van der Waals surface area contributed by atoms with E-state index in [1.165, 1.54) is 57.8 Å². The van der Waals surface area contributed by atoms with Gasteiger partial charge in [-0.3, -0.25) is 0 Å². The van der Waals surface area contributed by atoms with Gasteiger partial charge in [-0.15, -0.1) is 0 Å². The Kier molecular flexibility index (Phi) is 10.5. The van der Waals surface area contributed by atoms with Crippen molar-refractivity contribution in [1.29, 1.82) is 0 Å². The van der Waals surface area contributed by atoms with E-state index in [0.29, 0.717) is 28.3 Å². The molecule has 4 aliphatic rings. The maximum Gasteiger partial charge on any atom is 0.119 e. The Bertz CT molecular complexity index is 670. The second-order valence-corrected chi connectivity index (χ2v) is 12.6. The number of carbonyl (C=O) groups excluding carboxylic acids is 1. The molecule has 1 N–H and O–H groups in total. The van der Waals surface area contributed by atoms with Crippen LogP contribution in [-0.2, 0) is 4.79 Å². The van der Waals surface area contributed by atoms with Crippen molar-refractivity contribution < 1.29 is 4.79 Å². The largest absolute Gasteiger partial charge is 0.312 e. The molecule has 4 fully saturated rings. The Morgan fingerprint density at radius 3 is 2.21 bits per heavy atom. The van der Waals surface area contributed by atoms with Gasteiger partial charge in [0.1, 0.15) is 6.29 Å². The monoisotopic (exact) mass is 473 g/mol. The summed E-state index contributed by atoms with van der Waals surface area (Å²) in [6, 6.07) is 1.28. The molecule has 0 saturated heterocycles. The number of carbonyl (C=O) groups is 1. The number of hydrogen-bond acceptors (Lipinski definition) is 2. The first-order chi connectivity index (χ1) is 16.2. The second kappa shape index (κ2) is 12.1. The highest BCUT2D eigenvalue weighted by Crippen LogP contribution is 2.73. The molecule has 0 aromatic heterocycles. The molecule has 0 spiro atoms. The molecule has 0 aromatic rings. The van der Waals surface area contributed by atoms with Gasteiger partial charge in [-0.2, -0.15) is 0 Å². The highest BCUT2D eigenvalue weighted by molar-refractivity contribution is 5.49. The quantitative estimate of drug-likeness (QED) is 0.237. The molecule has 0 amide bonds. The maximum atomic E-state index is 10.9. The van der Waals surface area contributed by atoms with E-state index in [4.69, 9.17) is 6.58 Å². The van der Waals surface area contributed by atoms with E-state index in [9.17, 15) is 4.79 Å². The van der Waals surface area contributed by atoms with Crippen molar-refractivity contribution in [2.24, 2.45) is 39.9 Å². The van der Waals surface area contributed by atoms with Crippen LogP contribution in [0.1, 0.15) is 133 Å². The van der Waals surface area contributed by atoms with E-state index in [1.54, 1.807) is 5.57 Å². The molecule has 2 nitrogen and oxygen atoms in total. The van der Waals surface area contributed by atoms with Crippen LogP contribution in [0.3, 0.4) is 0 Å². The molecule has 0 bridgehead atoms. The molecule has 0 radical (unpaired) electrons. The van der Waals surface area contributed by atoms with Gasteiger partial charge in [0.2, 0.25) is 0 Å². The molecule has 198 valence electrons. The van der Waals surface area contributed by atoms with Gasteiger partial charge in [0.25, 0.3) is 0 Å². The summed E-state index contributed by atoms with van der Waals surface area (Å²) in [4.78, 5) is 10.9. The van der Waals surface area contributed by atoms with Gasteiger partial charge in [-0.25, -0.2) is 0 Å². The lowest BCUT2D eigenvalue weighted by atomic mass is 9.38. The maximum absolute atomic E-state index is 10.9. The second-order valence-electron chi connectivity index (χ2n) is 12.6. The first-order valence-corrected chi connectivity index (χ1v) is 15.0. The van der Waals surface area contributed by atoms with Gasteiger partial charge in [0, 0.05) is 18.5 Å². The molecule has 4 rings (SSSR count). The Hall–Kier alpha value is -0.630. The molecule has 4 saturated carbocycles. The van der Waals surface area contributed by atoms with Crippen LogP contribution in [0, 0.1) is 39.9 Å². The Labute approximate surface area is 213 Å². The van der Waals surface area contributed by atoms with Crippen molar-refractivity contribution in [2.75, 3.05) is 0 Å². The molecule has 34 heavy (non-hydrogen) atoms. The summed E-state index contributed by atoms with van der Waals surface area (Å²) in [7, 11) is 0. The van der Waals surface area contributed by atoms with Gasteiger partial charge >= 0.3 is 0 Å². The lowest BCUT2D eigenvalue weighted by molar-refractivity contribution is -0.137. The third-order valence-electron chi connectivity index (χ3n) is 11.0. The zero-order valence-corrected chi connectivity index (χ0v) is 24.4. The predicted octanol–water partition coefficient (Wildman–Crippen LogP) is 8.99. The number of hydrogen-bond donors (Lipinski definition) is 1. The fraction of sp³-hybridized carbons (Fsp3) is 0.906. The standard InChI is InChI=1S/C28H47NO.2C2H6/c1-19(2)29-23-12-14-27(5)22(18-23)17-20(3)28(6)24-11-10-21(9-7-8-16-30)26(24,4)15-13-25(27)28;2*1-2/h16,19,21-25,29H,3,7-15,17-18H2,1-2,4-6H3;2*1-2H3. The molecule has 8 atom stereocenters. The smallest absolute Gasteiger partial charge is 0.119 e. The fourth-order valence-corrected chi connectivity index (χ4v) is 9.44. The van der Waals surface area contributed by atoms with Gasteiger partial charge in [-0.05, 0) is 104 Å². The van der Waals surface area contributed by atoms with Crippen LogP contribution in [0.25, 0.3) is 0 Å². The summed E-state index contributed by atoms with van der Waals surface area (Å²) in [5.74, 6) is 3.22. The van der Waals surface area contributed by atoms with Gasteiger partial charge < -0.3 is 10.1 Å². The Morgan fingerprint density at radius 2 is 1.59 bits per heavy atom. The number of unbranched alkanes of at least 4 members (excludes halogenated alkanes) is 1. The third kappa shape index (κ3) is 5.09. The van der Waals surface area contributed by atoms with Crippen molar-refractivity contribution in [1.82, 2.24) is 5.32 Å². The molecular formula is C32H59NO. The Balaban J connectivity index is 0.000000970. The van der Waals surface area contributed by atoms with Crippen molar-refractivity contribution in [2.45, 2.75) is 145 Å². The first-order valence-electron chi connectivity index (χ1n) is 15.0. The SMILES string of the molecule is C=C1CC2CC(NC(C)C)CCC2(C)C2CCC3(C)C(CCCC=O)CCC3C12C.CC.CC. The molecule has 0 aromatic carbocycles. The highest BCUT2D eigenvalue weighted by Gasteiger charge is 2.65. The molecule has 0 heterocycles. The fourth-order valence-electron chi connectivity index (χ4n) is 9.44. The lowest BCUT2D eigenvalue weighted by Crippen LogP contribution is -2.60. The summed E-state index contributed by atoms with van der Waals surface area (Å²) < 4.78 is 0. The number of allylic oxidation sites excluding steroid dienone is 1. The van der Waals surface area contributed by atoms with Crippen molar-refractivity contribution >= 4 is 6.29 Å². The van der Waals surface area contributed by atoms with Gasteiger partial charge in [0.15, 0.2) is 0 Å². The van der Waals surface area contributed by atoms with Crippen LogP contribution >= 0.6 is 0 Å². The summed E-state index contributed by atoms with van der Waals surface area (Å²) in [6.07, 6.45) is 15.1. The van der Waals surface area contributed by atoms with Crippen LogP contribution < -0.4 is 5.32 Å². The number of rotatable bonds is 6. The van der Waals surface area contributed by atoms with Crippen molar-refractivity contribution in [3.05, 3.63) is 12.2 Å². The molecule has 8 unspecified atom stereocenters. The minimum Gasteiger partial charge on any atom is -0.312 e. The third-order valence-corrected chi connectivity index (χ3v) is 11.0. The van der Waals surface area contributed by atoms with E-state index in [1.807, 2.05) is 27.7 Å². The van der Waals surface area contributed by atoms with Crippen molar-refractivity contribution in [3.8, 4) is 0 Å². The van der Waals surface area contributed by atoms with Gasteiger partial charge in [0.05, 0.1) is 0 Å². The summed E-state index contributed by atoms with van der Waals surface area (Å²) in [6.45, 7) is 25.3. The highest BCUT2D eigenvalue weighted by atomic mass is 16.1. The van der Waals surface area contributed by atoms with Crippen LogP contribution in [0.2, 0.25) is 0 Å². The first kappa shape index (κ1) is 29.6. The average molecular weight is 474 g/mol. The summed E-state index contributed by atoms with van der Waals surface area (Å²) in [5.41, 5.74) is 2.85. The van der Waals surface area contributed by atoms with Crippen LogP contribution in [0.15, 0.2) is 12.2 Å². The van der Waals surface area contributed by atoms with Crippen molar-refractivity contribution in [3.63, 3.8) is 0 Å². The van der Waals surface area contributed by atoms with E-state index < -0.39 is 0 Å². The number of aldehydes is 1. The molecule has 0 aliphatic heterocycles. The average Bonchev–Trinajstić information content (AvgIpc) is 3.15. The number of fused-ring (bicyclic) bond motifs is 5. The van der Waals surface area contributed by atoms with Crippen LogP contribution in [0.4, 0.5) is 0 Å². The predicted molar refractivity (Wildman–Crippen MR) is 149 cm³/mol. The molecule has 4 aliphatic carbocycles. The Morgan fingerprint density at radius 1 is 0.971 bits per heavy atom. The van der Waals surface area contributed by atoms with E-state index >= 15 is 0 Å². The summed E-state index contributed by atoms with van der Waals surface area (Å²) in [5, 5.41) is 3.85. The zero-order chi connectivity index (χ0) is 25.7. The van der Waals surface area contributed by atoms with Crippen LogP contribution in [-0.4, -0.2) is 18.4 Å². The van der Waals surface area contributed by atoms with E-state index in [-0.39, 0.29) is 0 Å². The molecule has 2 heteroatoms. The van der Waals surface area contributed by atoms with Crippen LogP contribution in [0.5, 0.6) is 0 Å². The van der Waals surface area contributed by atoms with Gasteiger partial charge in [-0.1, -0.05) is 74.5 Å². The molecular weight excluding hydrogens is 414 g/mol. The van der Waals surface area contributed by atoms with E-state index in [0.717, 1.165) is 42.8 Å². The number of nitrogens with one attached hydrogen (secondary N) is 1. The minimum absolute atomic E-state index is 0.315. The topological polar surface area (TPSA) is 29.1 Å². The lowest BCUT2D eigenvalue weighted by Gasteiger charge is -2.67. The minimum atomic E-state index is 0.315. The normalized spacial score (nSPS) is 42.9. The van der Waals surface area contributed by atoms with E-state index in [2.05, 4.69) is 39.9 Å². The zero-order valence-electron chi connectivity index (χ0n) is 24.4.